The van der Waals surface area contributed by atoms with Crippen LogP contribution in [0, 0.1) is 11.6 Å². The van der Waals surface area contributed by atoms with Crippen molar-refractivity contribution in [3.05, 3.63) is 84.6 Å². The fourth-order valence-electron chi connectivity index (χ4n) is 3.25. The molecule has 0 saturated heterocycles. The molecule has 0 unspecified atom stereocenters. The Balaban J connectivity index is 1.61. The number of rotatable bonds is 8. The summed E-state index contributed by atoms with van der Waals surface area (Å²) in [5.41, 5.74) is 2.63. The first-order valence-electron chi connectivity index (χ1n) is 10.2. The van der Waals surface area contributed by atoms with Crippen LogP contribution in [0.3, 0.4) is 0 Å². The molecule has 1 amide bonds. The highest BCUT2D eigenvalue weighted by atomic mass is 32.2. The highest BCUT2D eigenvalue weighted by Gasteiger charge is 2.16. The van der Waals surface area contributed by atoms with Crippen LogP contribution in [-0.2, 0) is 4.79 Å². The van der Waals surface area contributed by atoms with E-state index in [0.717, 1.165) is 5.56 Å². The molecule has 34 heavy (non-hydrogen) atoms. The minimum Gasteiger partial charge on any atom is -0.493 e. The van der Waals surface area contributed by atoms with Crippen LogP contribution in [0.4, 0.5) is 14.5 Å². The van der Waals surface area contributed by atoms with E-state index in [2.05, 4.69) is 5.32 Å². The second-order valence-electron chi connectivity index (χ2n) is 7.17. The highest BCUT2D eigenvalue weighted by Crippen LogP contribution is 2.34. The Hall–Kier alpha value is -3.85. The van der Waals surface area contributed by atoms with Crippen LogP contribution in [0.2, 0.25) is 0 Å². The normalized spacial score (nSPS) is 10.7. The van der Waals surface area contributed by atoms with Crippen LogP contribution < -0.4 is 14.8 Å². The number of methoxy groups -OCH3 is 2. The van der Waals surface area contributed by atoms with E-state index >= 15 is 0 Å². The number of nitrogens with one attached hydrogen (secondary N) is 1. The predicted octanol–water partition coefficient (Wildman–Crippen LogP) is 5.57. The van der Waals surface area contributed by atoms with Crippen LogP contribution in [-0.4, -0.2) is 35.4 Å². The van der Waals surface area contributed by atoms with Gasteiger partial charge in [0.1, 0.15) is 11.6 Å². The maximum absolute atomic E-state index is 13.5. The van der Waals surface area contributed by atoms with Gasteiger partial charge in [-0.05, 0) is 66.7 Å². The van der Waals surface area contributed by atoms with E-state index < -0.39 is 0 Å². The Morgan fingerprint density at radius 3 is 2.24 bits per heavy atom. The van der Waals surface area contributed by atoms with Gasteiger partial charge in [-0.15, -0.1) is 0 Å². The van der Waals surface area contributed by atoms with Crippen molar-refractivity contribution < 1.29 is 23.0 Å². The lowest BCUT2D eigenvalue weighted by molar-refractivity contribution is -0.113. The molecule has 0 bridgehead atoms. The molecule has 0 atom stereocenters. The van der Waals surface area contributed by atoms with Gasteiger partial charge in [-0.1, -0.05) is 11.8 Å². The van der Waals surface area contributed by atoms with Gasteiger partial charge in [0.2, 0.25) is 5.91 Å². The summed E-state index contributed by atoms with van der Waals surface area (Å²) < 4.78 is 39.1. The molecule has 4 rings (SSSR count). The molecule has 0 fully saturated rings. The summed E-state index contributed by atoms with van der Waals surface area (Å²) in [6.07, 6.45) is 1.81. The van der Waals surface area contributed by atoms with E-state index in [-0.39, 0.29) is 23.3 Å². The average molecular weight is 482 g/mol. The van der Waals surface area contributed by atoms with Crippen molar-refractivity contribution in [2.75, 3.05) is 25.3 Å². The highest BCUT2D eigenvalue weighted by molar-refractivity contribution is 7.99. The van der Waals surface area contributed by atoms with E-state index in [4.69, 9.17) is 14.5 Å². The van der Waals surface area contributed by atoms with E-state index in [0.29, 0.717) is 33.7 Å². The number of anilines is 1. The van der Waals surface area contributed by atoms with Gasteiger partial charge in [0.25, 0.3) is 0 Å². The number of amides is 1. The van der Waals surface area contributed by atoms with E-state index in [9.17, 15) is 13.6 Å². The zero-order valence-corrected chi connectivity index (χ0v) is 19.2. The first-order chi connectivity index (χ1) is 16.5. The molecule has 0 spiro atoms. The Bertz CT molecular complexity index is 1290. The van der Waals surface area contributed by atoms with Gasteiger partial charge in [0.15, 0.2) is 16.7 Å². The number of hydrogen-bond donors (Lipinski definition) is 1. The molecule has 0 aliphatic carbocycles. The largest absolute Gasteiger partial charge is 0.493 e. The Morgan fingerprint density at radius 1 is 0.941 bits per heavy atom. The molecule has 0 saturated carbocycles. The van der Waals surface area contributed by atoms with Crippen molar-refractivity contribution >= 4 is 23.4 Å². The van der Waals surface area contributed by atoms with Gasteiger partial charge in [-0.3, -0.25) is 9.36 Å². The number of carbonyl (C=O) groups excluding carboxylic acids is 1. The maximum atomic E-state index is 13.5. The first kappa shape index (κ1) is 23.3. The maximum Gasteiger partial charge on any atom is 0.234 e. The molecule has 9 heteroatoms. The SMILES string of the molecule is COc1ccc(-c2cn(-c3ccc(F)cc3)c(SCC(=O)Nc3ccc(F)cc3)n2)cc1OC. The minimum atomic E-state index is -0.378. The summed E-state index contributed by atoms with van der Waals surface area (Å²) in [6, 6.07) is 17.0. The van der Waals surface area contributed by atoms with Crippen LogP contribution in [0.1, 0.15) is 0 Å². The molecule has 6 nitrogen and oxygen atoms in total. The number of nitrogens with zero attached hydrogens (tertiary/aromatic N) is 2. The number of ether oxygens (including phenoxy) is 2. The van der Waals surface area contributed by atoms with Crippen LogP contribution >= 0.6 is 11.8 Å². The Kier molecular flexibility index (Phi) is 7.12. The first-order valence-corrected chi connectivity index (χ1v) is 11.2. The summed E-state index contributed by atoms with van der Waals surface area (Å²) in [6.45, 7) is 0. The lowest BCUT2D eigenvalue weighted by Gasteiger charge is -2.08. The number of thioether (sulfide) groups is 1. The van der Waals surface area contributed by atoms with Gasteiger partial charge in [-0.2, -0.15) is 0 Å². The van der Waals surface area contributed by atoms with E-state index in [1.54, 1.807) is 37.0 Å². The predicted molar refractivity (Wildman–Crippen MR) is 128 cm³/mol. The number of imidazole rings is 1. The number of halogens is 2. The van der Waals surface area contributed by atoms with Gasteiger partial charge in [0.05, 0.1) is 25.7 Å². The van der Waals surface area contributed by atoms with Gasteiger partial charge < -0.3 is 14.8 Å². The second-order valence-corrected chi connectivity index (χ2v) is 8.11. The topological polar surface area (TPSA) is 65.4 Å². The summed E-state index contributed by atoms with van der Waals surface area (Å²) in [4.78, 5) is 17.2. The fourth-order valence-corrected chi connectivity index (χ4v) is 4.04. The summed E-state index contributed by atoms with van der Waals surface area (Å²) >= 11 is 1.23. The summed E-state index contributed by atoms with van der Waals surface area (Å²) in [5.74, 6) is 0.229. The van der Waals surface area contributed by atoms with Crippen molar-refractivity contribution in [1.29, 1.82) is 0 Å². The monoisotopic (exact) mass is 481 g/mol. The van der Waals surface area contributed by atoms with Crippen molar-refractivity contribution in [2.45, 2.75) is 5.16 Å². The van der Waals surface area contributed by atoms with Gasteiger partial charge >= 0.3 is 0 Å². The molecule has 0 radical (unpaired) electrons. The lowest BCUT2D eigenvalue weighted by atomic mass is 10.1. The Labute approximate surface area is 199 Å². The lowest BCUT2D eigenvalue weighted by Crippen LogP contribution is -2.14. The minimum absolute atomic E-state index is 0.0704. The van der Waals surface area contributed by atoms with Crippen molar-refractivity contribution in [3.8, 4) is 28.4 Å². The number of benzene rings is 3. The zero-order valence-electron chi connectivity index (χ0n) is 18.4. The molecular weight excluding hydrogens is 460 g/mol. The molecule has 1 heterocycles. The van der Waals surface area contributed by atoms with Crippen molar-refractivity contribution in [3.63, 3.8) is 0 Å². The van der Waals surface area contributed by atoms with Crippen LogP contribution in [0.5, 0.6) is 11.5 Å². The van der Waals surface area contributed by atoms with Gasteiger partial charge in [0, 0.05) is 23.1 Å². The smallest absolute Gasteiger partial charge is 0.234 e. The van der Waals surface area contributed by atoms with Crippen LogP contribution in [0.15, 0.2) is 78.1 Å². The number of carbonyl (C=O) groups is 1. The molecule has 1 aromatic heterocycles. The molecule has 0 aliphatic heterocycles. The second kappa shape index (κ2) is 10.4. The molecule has 1 N–H and O–H groups in total. The third kappa shape index (κ3) is 5.37. The molecule has 0 aliphatic rings. The van der Waals surface area contributed by atoms with Gasteiger partial charge in [-0.25, -0.2) is 13.8 Å². The van der Waals surface area contributed by atoms with E-state index in [1.165, 1.54) is 48.2 Å². The third-order valence-electron chi connectivity index (χ3n) is 4.92. The Morgan fingerprint density at radius 2 is 1.59 bits per heavy atom. The quantitative estimate of drug-likeness (QED) is 0.334. The number of hydrogen-bond acceptors (Lipinski definition) is 5. The third-order valence-corrected chi connectivity index (χ3v) is 5.87. The van der Waals surface area contributed by atoms with Crippen LogP contribution in [0.25, 0.3) is 16.9 Å². The summed E-state index contributed by atoms with van der Waals surface area (Å²) in [7, 11) is 3.12. The van der Waals surface area contributed by atoms with E-state index in [1.807, 2.05) is 18.3 Å². The molecule has 4 aromatic rings. The molecule has 3 aromatic carbocycles. The standard InChI is InChI=1S/C25H21F2N3O3S/c1-32-22-12-3-16(13-23(22)33-2)21-14-30(20-10-6-18(27)7-11-20)25(29-21)34-15-24(31)28-19-8-4-17(26)5-9-19/h3-14H,15H2,1-2H3,(H,28,31). The zero-order chi connectivity index (χ0) is 24.1. The number of aromatic nitrogens is 2. The molecule has 174 valence electrons. The molecular formula is C25H21F2N3O3S. The summed E-state index contributed by atoms with van der Waals surface area (Å²) in [5, 5.41) is 3.28. The van der Waals surface area contributed by atoms with Crippen molar-refractivity contribution in [1.82, 2.24) is 9.55 Å². The van der Waals surface area contributed by atoms with Crippen molar-refractivity contribution in [2.24, 2.45) is 0 Å². The fraction of sp³-hybridized carbons (Fsp3) is 0.120. The average Bonchev–Trinajstić information content (AvgIpc) is 3.28.